The van der Waals surface area contributed by atoms with E-state index in [0.29, 0.717) is 6.04 Å². The van der Waals surface area contributed by atoms with Gasteiger partial charge in [-0.25, -0.2) is 0 Å². The Morgan fingerprint density at radius 2 is 2.33 bits per heavy atom. The number of hydrogen-bond acceptors (Lipinski definition) is 3. The number of nitrogens with one attached hydrogen (secondary N) is 1. The van der Waals surface area contributed by atoms with Crippen LogP contribution in [0.3, 0.4) is 0 Å². The molecule has 1 rings (SSSR count). The molecular formula is C9H18N2O. The molecule has 1 atom stereocenters. The number of rotatable bonds is 3. The molecule has 0 aromatic heterocycles. The normalized spacial score (nSPS) is 25.1. The minimum Gasteiger partial charge on any atom is -0.393 e. The van der Waals surface area contributed by atoms with Crippen molar-refractivity contribution in [3.8, 4) is 0 Å². The summed E-state index contributed by atoms with van der Waals surface area (Å²) >= 11 is 0. The van der Waals surface area contributed by atoms with Crippen LogP contribution >= 0.6 is 0 Å². The fraction of sp³-hybridized carbons (Fsp3) is 0.889. The van der Waals surface area contributed by atoms with Crippen LogP contribution < -0.4 is 5.32 Å². The molecule has 0 aromatic rings. The van der Waals surface area contributed by atoms with Crippen molar-refractivity contribution in [3.05, 3.63) is 0 Å². The van der Waals surface area contributed by atoms with E-state index in [1.165, 1.54) is 19.3 Å². The van der Waals surface area contributed by atoms with Gasteiger partial charge in [0.15, 0.2) is 0 Å². The monoisotopic (exact) mass is 170 g/mol. The SMILES string of the molecule is CC(C)O/N=C\C1CCCCN1. The zero-order valence-corrected chi connectivity index (χ0v) is 7.92. The van der Waals surface area contributed by atoms with Crippen LogP contribution in [0.2, 0.25) is 0 Å². The lowest BCUT2D eigenvalue weighted by atomic mass is 10.1. The molecule has 1 unspecified atom stereocenters. The van der Waals surface area contributed by atoms with Gasteiger partial charge in [0.25, 0.3) is 0 Å². The molecule has 0 spiro atoms. The third kappa shape index (κ3) is 3.72. The van der Waals surface area contributed by atoms with E-state index in [4.69, 9.17) is 4.84 Å². The fourth-order valence-corrected chi connectivity index (χ4v) is 1.24. The summed E-state index contributed by atoms with van der Waals surface area (Å²) in [5.74, 6) is 0. The standard InChI is InChI=1S/C9H18N2O/c1-8(2)12-11-7-9-5-3-4-6-10-9/h7-10H,3-6H2,1-2H3/b11-7-. The first kappa shape index (κ1) is 9.52. The van der Waals surface area contributed by atoms with Gasteiger partial charge < -0.3 is 10.2 Å². The van der Waals surface area contributed by atoms with Gasteiger partial charge in [0.2, 0.25) is 0 Å². The molecule has 1 heterocycles. The van der Waals surface area contributed by atoms with Gasteiger partial charge in [0.05, 0.1) is 6.21 Å². The van der Waals surface area contributed by atoms with Crippen molar-refractivity contribution in [2.45, 2.75) is 45.3 Å². The van der Waals surface area contributed by atoms with Crippen LogP contribution in [0.1, 0.15) is 33.1 Å². The second kappa shape index (κ2) is 5.14. The second-order valence-corrected chi connectivity index (χ2v) is 3.47. The highest BCUT2D eigenvalue weighted by Gasteiger charge is 2.09. The maximum absolute atomic E-state index is 5.07. The minimum atomic E-state index is 0.185. The highest BCUT2D eigenvalue weighted by atomic mass is 16.6. The van der Waals surface area contributed by atoms with Gasteiger partial charge in [-0.05, 0) is 33.2 Å². The van der Waals surface area contributed by atoms with Gasteiger partial charge in [-0.1, -0.05) is 11.6 Å². The maximum Gasteiger partial charge on any atom is 0.122 e. The first-order chi connectivity index (χ1) is 5.79. The van der Waals surface area contributed by atoms with E-state index in [1.807, 2.05) is 20.1 Å². The Bertz CT molecular complexity index is 139. The van der Waals surface area contributed by atoms with Crippen molar-refractivity contribution in [3.63, 3.8) is 0 Å². The lowest BCUT2D eigenvalue weighted by molar-refractivity contribution is 0.0862. The van der Waals surface area contributed by atoms with Gasteiger partial charge in [0.1, 0.15) is 6.10 Å². The molecule has 0 aromatic carbocycles. The van der Waals surface area contributed by atoms with Crippen molar-refractivity contribution < 1.29 is 4.84 Å². The molecule has 1 fully saturated rings. The van der Waals surface area contributed by atoms with E-state index in [1.54, 1.807) is 0 Å². The zero-order valence-electron chi connectivity index (χ0n) is 7.92. The van der Waals surface area contributed by atoms with Crippen LogP contribution in [-0.4, -0.2) is 24.9 Å². The third-order valence-electron chi connectivity index (χ3n) is 1.86. The van der Waals surface area contributed by atoms with E-state index in [0.717, 1.165) is 6.54 Å². The summed E-state index contributed by atoms with van der Waals surface area (Å²) in [7, 11) is 0. The Balaban J connectivity index is 2.15. The summed E-state index contributed by atoms with van der Waals surface area (Å²) in [5, 5.41) is 7.27. The number of piperidine rings is 1. The molecule has 0 bridgehead atoms. The van der Waals surface area contributed by atoms with Gasteiger partial charge in [-0.3, -0.25) is 0 Å². The number of hydrogen-bond donors (Lipinski definition) is 1. The van der Waals surface area contributed by atoms with Crippen molar-refractivity contribution in [1.82, 2.24) is 5.32 Å². The second-order valence-electron chi connectivity index (χ2n) is 3.47. The van der Waals surface area contributed by atoms with Crippen LogP contribution in [0.25, 0.3) is 0 Å². The lowest BCUT2D eigenvalue weighted by Gasteiger charge is -2.19. The largest absolute Gasteiger partial charge is 0.393 e. The Kier molecular flexibility index (Phi) is 4.08. The molecule has 3 nitrogen and oxygen atoms in total. The summed E-state index contributed by atoms with van der Waals surface area (Å²) < 4.78 is 0. The molecule has 70 valence electrons. The Labute approximate surface area is 74.2 Å². The van der Waals surface area contributed by atoms with E-state index >= 15 is 0 Å². The molecule has 12 heavy (non-hydrogen) atoms. The predicted octanol–water partition coefficient (Wildman–Crippen LogP) is 1.54. The van der Waals surface area contributed by atoms with Gasteiger partial charge in [-0.2, -0.15) is 0 Å². The molecule has 1 aliphatic heterocycles. The number of nitrogens with zero attached hydrogens (tertiary/aromatic N) is 1. The topological polar surface area (TPSA) is 33.6 Å². The number of oxime groups is 1. The van der Waals surface area contributed by atoms with E-state index in [9.17, 15) is 0 Å². The first-order valence-corrected chi connectivity index (χ1v) is 4.71. The quantitative estimate of drug-likeness (QED) is 0.515. The molecule has 0 aliphatic carbocycles. The molecule has 1 N–H and O–H groups in total. The molecule has 0 radical (unpaired) electrons. The summed E-state index contributed by atoms with van der Waals surface area (Å²) in [6.45, 7) is 5.07. The first-order valence-electron chi connectivity index (χ1n) is 4.71. The highest BCUT2D eigenvalue weighted by molar-refractivity contribution is 5.63. The van der Waals surface area contributed by atoms with Crippen molar-refractivity contribution >= 4 is 6.21 Å². The predicted molar refractivity (Wildman–Crippen MR) is 50.4 cm³/mol. The Morgan fingerprint density at radius 3 is 2.92 bits per heavy atom. The van der Waals surface area contributed by atoms with Gasteiger partial charge >= 0.3 is 0 Å². The summed E-state index contributed by atoms with van der Waals surface area (Å²) in [4.78, 5) is 5.07. The van der Waals surface area contributed by atoms with E-state index < -0.39 is 0 Å². The molecule has 1 saturated heterocycles. The van der Waals surface area contributed by atoms with Gasteiger partial charge in [0, 0.05) is 6.04 Å². The molecule has 3 heteroatoms. The van der Waals surface area contributed by atoms with Crippen LogP contribution in [0, 0.1) is 0 Å². The van der Waals surface area contributed by atoms with Crippen LogP contribution in [0.15, 0.2) is 5.16 Å². The molecule has 0 amide bonds. The highest BCUT2D eigenvalue weighted by Crippen LogP contribution is 2.04. The van der Waals surface area contributed by atoms with Crippen molar-refractivity contribution in [1.29, 1.82) is 0 Å². The van der Waals surface area contributed by atoms with Gasteiger partial charge in [-0.15, -0.1) is 0 Å². The molecule has 0 saturated carbocycles. The lowest BCUT2D eigenvalue weighted by Crippen LogP contribution is -2.35. The van der Waals surface area contributed by atoms with E-state index in [-0.39, 0.29) is 6.10 Å². The van der Waals surface area contributed by atoms with Crippen LogP contribution in [-0.2, 0) is 4.84 Å². The molecule has 1 aliphatic rings. The molecular weight excluding hydrogens is 152 g/mol. The maximum atomic E-state index is 5.07. The fourth-order valence-electron chi connectivity index (χ4n) is 1.24. The summed E-state index contributed by atoms with van der Waals surface area (Å²) in [6.07, 6.45) is 5.83. The average molecular weight is 170 g/mol. The average Bonchev–Trinajstić information content (AvgIpc) is 2.05. The van der Waals surface area contributed by atoms with Crippen molar-refractivity contribution in [2.24, 2.45) is 5.16 Å². The Morgan fingerprint density at radius 1 is 1.50 bits per heavy atom. The van der Waals surface area contributed by atoms with Crippen LogP contribution in [0.5, 0.6) is 0 Å². The smallest absolute Gasteiger partial charge is 0.122 e. The third-order valence-corrected chi connectivity index (χ3v) is 1.86. The van der Waals surface area contributed by atoms with Crippen molar-refractivity contribution in [2.75, 3.05) is 6.54 Å². The summed E-state index contributed by atoms with van der Waals surface area (Å²) in [5.41, 5.74) is 0. The van der Waals surface area contributed by atoms with Crippen LogP contribution in [0.4, 0.5) is 0 Å². The minimum absolute atomic E-state index is 0.185. The zero-order chi connectivity index (χ0) is 8.81. The van der Waals surface area contributed by atoms with E-state index in [2.05, 4.69) is 10.5 Å². The Hall–Kier alpha value is -0.570. The summed E-state index contributed by atoms with van der Waals surface area (Å²) in [6, 6.07) is 0.428.